The molecule has 1 unspecified atom stereocenters. The second kappa shape index (κ2) is 6.14. The van der Waals surface area contributed by atoms with Gasteiger partial charge in [0.1, 0.15) is 17.6 Å². The molecule has 0 aliphatic rings. The molecule has 15 heavy (non-hydrogen) atoms. The highest BCUT2D eigenvalue weighted by Gasteiger charge is 1.98. The van der Waals surface area contributed by atoms with Gasteiger partial charge in [-0.05, 0) is 12.1 Å². The predicted molar refractivity (Wildman–Crippen MR) is 61.0 cm³/mol. The van der Waals surface area contributed by atoms with Crippen LogP contribution in [0.4, 0.5) is 5.82 Å². The zero-order valence-corrected chi connectivity index (χ0v) is 9.38. The highest BCUT2D eigenvalue weighted by molar-refractivity contribution is 7.84. The minimum atomic E-state index is -0.763. The van der Waals surface area contributed by atoms with Gasteiger partial charge in [-0.1, -0.05) is 13.0 Å². The maximum absolute atomic E-state index is 11.1. The zero-order valence-electron chi connectivity index (χ0n) is 8.56. The Morgan fingerprint density at radius 3 is 3.07 bits per heavy atom. The summed E-state index contributed by atoms with van der Waals surface area (Å²) in [7, 11) is -0.763. The quantitative estimate of drug-likeness (QED) is 0.812. The van der Waals surface area contributed by atoms with Gasteiger partial charge in [-0.2, -0.15) is 5.26 Å². The molecule has 0 bridgehead atoms. The summed E-state index contributed by atoms with van der Waals surface area (Å²) in [5.41, 5.74) is 0.386. The Balaban J connectivity index is 2.44. The highest BCUT2D eigenvalue weighted by atomic mass is 32.2. The molecule has 1 N–H and O–H groups in total. The molecular formula is C10H13N3OS. The molecule has 0 aromatic carbocycles. The van der Waals surface area contributed by atoms with E-state index in [4.69, 9.17) is 5.26 Å². The van der Waals surface area contributed by atoms with Gasteiger partial charge < -0.3 is 5.32 Å². The molecule has 0 saturated carbocycles. The van der Waals surface area contributed by atoms with Crippen LogP contribution in [0.1, 0.15) is 12.6 Å². The van der Waals surface area contributed by atoms with E-state index >= 15 is 0 Å². The first kappa shape index (κ1) is 11.7. The van der Waals surface area contributed by atoms with Gasteiger partial charge in [0, 0.05) is 28.9 Å². The van der Waals surface area contributed by atoms with Crippen LogP contribution in [0.2, 0.25) is 0 Å². The van der Waals surface area contributed by atoms with Crippen molar-refractivity contribution in [3.63, 3.8) is 0 Å². The van der Waals surface area contributed by atoms with Crippen molar-refractivity contribution in [3.05, 3.63) is 23.9 Å². The van der Waals surface area contributed by atoms with E-state index in [1.807, 2.05) is 13.0 Å². The fraction of sp³-hybridized carbons (Fsp3) is 0.400. The third-order valence-corrected chi connectivity index (χ3v) is 3.12. The number of hydrogen-bond acceptors (Lipinski definition) is 4. The number of anilines is 1. The van der Waals surface area contributed by atoms with Crippen LogP contribution in [0.15, 0.2) is 18.2 Å². The number of hydrogen-bond donors (Lipinski definition) is 1. The molecule has 0 fully saturated rings. The molecule has 0 aliphatic heterocycles. The first-order chi connectivity index (χ1) is 7.26. The minimum Gasteiger partial charge on any atom is -0.369 e. The number of aromatic nitrogens is 1. The second-order valence-corrected chi connectivity index (χ2v) is 4.74. The van der Waals surface area contributed by atoms with Gasteiger partial charge in [-0.25, -0.2) is 4.98 Å². The Bertz CT molecular complexity index is 386. The first-order valence-electron chi connectivity index (χ1n) is 4.72. The lowest BCUT2D eigenvalue weighted by molar-refractivity contribution is 0.684. The lowest BCUT2D eigenvalue weighted by Gasteiger charge is -2.04. The van der Waals surface area contributed by atoms with Crippen molar-refractivity contribution in [2.45, 2.75) is 6.92 Å². The van der Waals surface area contributed by atoms with E-state index in [9.17, 15) is 4.21 Å². The van der Waals surface area contributed by atoms with Crippen LogP contribution >= 0.6 is 0 Å². The molecule has 1 aromatic rings. The summed E-state index contributed by atoms with van der Waals surface area (Å²) in [6.07, 6.45) is 0. The predicted octanol–water partition coefficient (Wildman–Crippen LogP) is 1.13. The number of nitrogens with one attached hydrogen (secondary N) is 1. The van der Waals surface area contributed by atoms with Crippen molar-refractivity contribution < 1.29 is 4.21 Å². The van der Waals surface area contributed by atoms with E-state index in [0.29, 0.717) is 29.6 Å². The van der Waals surface area contributed by atoms with Crippen molar-refractivity contribution in [3.8, 4) is 6.07 Å². The van der Waals surface area contributed by atoms with Gasteiger partial charge >= 0.3 is 0 Å². The number of pyridine rings is 1. The summed E-state index contributed by atoms with van der Waals surface area (Å²) in [5, 5.41) is 11.7. The number of nitrogens with zero attached hydrogens (tertiary/aromatic N) is 2. The van der Waals surface area contributed by atoms with E-state index in [1.54, 1.807) is 18.2 Å². The summed E-state index contributed by atoms with van der Waals surface area (Å²) in [5.74, 6) is 1.93. The normalized spacial score (nSPS) is 11.7. The Morgan fingerprint density at radius 2 is 2.40 bits per heavy atom. The van der Waals surface area contributed by atoms with Crippen molar-refractivity contribution in [1.82, 2.24) is 4.98 Å². The minimum absolute atomic E-state index is 0.386. The van der Waals surface area contributed by atoms with Gasteiger partial charge in [0.2, 0.25) is 0 Å². The molecule has 0 spiro atoms. The van der Waals surface area contributed by atoms with Crippen molar-refractivity contribution >= 4 is 16.6 Å². The average Bonchev–Trinajstić information content (AvgIpc) is 2.29. The van der Waals surface area contributed by atoms with Crippen LogP contribution in [0.5, 0.6) is 0 Å². The van der Waals surface area contributed by atoms with Crippen LogP contribution in [0, 0.1) is 11.3 Å². The van der Waals surface area contributed by atoms with E-state index < -0.39 is 10.8 Å². The number of rotatable bonds is 5. The summed E-state index contributed by atoms with van der Waals surface area (Å²) in [6.45, 7) is 2.51. The van der Waals surface area contributed by atoms with Gasteiger partial charge in [-0.15, -0.1) is 0 Å². The van der Waals surface area contributed by atoms with Crippen LogP contribution in [0.25, 0.3) is 0 Å². The Labute approximate surface area is 91.8 Å². The van der Waals surface area contributed by atoms with Crippen LogP contribution < -0.4 is 5.32 Å². The fourth-order valence-electron chi connectivity index (χ4n) is 1.03. The molecule has 5 heteroatoms. The standard InChI is InChI=1S/C10H13N3OS/c1-2-15(14)7-6-12-10-5-3-4-9(8-11)13-10/h3-5H,2,6-7H2,1H3,(H,12,13). The Kier molecular flexibility index (Phi) is 4.78. The first-order valence-corrected chi connectivity index (χ1v) is 6.21. The Morgan fingerprint density at radius 1 is 1.60 bits per heavy atom. The summed E-state index contributed by atoms with van der Waals surface area (Å²) < 4.78 is 11.1. The topological polar surface area (TPSA) is 65.8 Å². The lowest BCUT2D eigenvalue weighted by atomic mass is 10.3. The van der Waals surface area contributed by atoms with Crippen molar-refractivity contribution in [1.29, 1.82) is 5.26 Å². The van der Waals surface area contributed by atoms with Gasteiger partial charge in [0.15, 0.2) is 0 Å². The second-order valence-electron chi connectivity index (χ2n) is 2.88. The number of nitriles is 1. The lowest BCUT2D eigenvalue weighted by Crippen LogP contribution is -2.12. The Hall–Kier alpha value is -1.41. The van der Waals surface area contributed by atoms with Crippen molar-refractivity contribution in [2.24, 2.45) is 0 Å². The van der Waals surface area contributed by atoms with Crippen molar-refractivity contribution in [2.75, 3.05) is 23.4 Å². The summed E-state index contributed by atoms with van der Waals surface area (Å²) >= 11 is 0. The molecular weight excluding hydrogens is 210 g/mol. The van der Waals surface area contributed by atoms with E-state index in [0.717, 1.165) is 0 Å². The molecule has 0 radical (unpaired) electrons. The van der Waals surface area contributed by atoms with Crippen LogP contribution in [0.3, 0.4) is 0 Å². The molecule has 1 heterocycles. The summed E-state index contributed by atoms with van der Waals surface area (Å²) in [4.78, 5) is 4.04. The molecule has 1 aromatic heterocycles. The molecule has 80 valence electrons. The van der Waals surface area contributed by atoms with Gasteiger partial charge in [-0.3, -0.25) is 4.21 Å². The van der Waals surface area contributed by atoms with E-state index in [1.165, 1.54) is 0 Å². The molecule has 0 saturated heterocycles. The molecule has 0 amide bonds. The maximum atomic E-state index is 11.1. The maximum Gasteiger partial charge on any atom is 0.142 e. The van der Waals surface area contributed by atoms with E-state index in [-0.39, 0.29) is 0 Å². The van der Waals surface area contributed by atoms with E-state index in [2.05, 4.69) is 10.3 Å². The third kappa shape index (κ3) is 4.09. The zero-order chi connectivity index (χ0) is 11.1. The molecule has 1 rings (SSSR count). The third-order valence-electron chi connectivity index (χ3n) is 1.82. The molecule has 4 nitrogen and oxygen atoms in total. The van der Waals surface area contributed by atoms with Gasteiger partial charge in [0.05, 0.1) is 0 Å². The molecule has 0 aliphatic carbocycles. The highest BCUT2D eigenvalue weighted by Crippen LogP contribution is 2.03. The monoisotopic (exact) mass is 223 g/mol. The largest absolute Gasteiger partial charge is 0.369 e. The smallest absolute Gasteiger partial charge is 0.142 e. The fourth-order valence-corrected chi connectivity index (χ4v) is 1.65. The molecule has 1 atom stereocenters. The van der Waals surface area contributed by atoms with Gasteiger partial charge in [0.25, 0.3) is 0 Å². The average molecular weight is 223 g/mol. The van der Waals surface area contributed by atoms with Crippen LogP contribution in [-0.2, 0) is 10.8 Å². The SMILES string of the molecule is CCS(=O)CCNc1cccc(C#N)n1. The van der Waals surface area contributed by atoms with Crippen LogP contribution in [-0.4, -0.2) is 27.2 Å². The summed E-state index contributed by atoms with van der Waals surface area (Å²) in [6, 6.07) is 7.17.